The second-order valence-corrected chi connectivity index (χ2v) is 2.77. The summed E-state index contributed by atoms with van der Waals surface area (Å²) in [6.07, 6.45) is 3.39. The highest BCUT2D eigenvalue weighted by Gasteiger charge is 1.95. The molecule has 0 fully saturated rings. The van der Waals surface area contributed by atoms with E-state index in [0.29, 0.717) is 0 Å². The zero-order valence-corrected chi connectivity index (χ0v) is 7.31. The van der Waals surface area contributed by atoms with Crippen LogP contribution in [0.25, 0.3) is 0 Å². The van der Waals surface area contributed by atoms with Crippen molar-refractivity contribution in [3.05, 3.63) is 42.2 Å². The van der Waals surface area contributed by atoms with E-state index in [9.17, 15) is 0 Å². The fraction of sp³-hybridized carbons (Fsp3) is 0.111. The molecule has 1 aromatic carbocycles. The summed E-state index contributed by atoms with van der Waals surface area (Å²) in [5.74, 6) is 0. The maximum absolute atomic E-state index is 3.81. The molecule has 0 amide bonds. The van der Waals surface area contributed by atoms with Crippen LogP contribution in [0.2, 0.25) is 0 Å². The third-order valence-electron chi connectivity index (χ3n) is 1.80. The van der Waals surface area contributed by atoms with Crippen LogP contribution in [0.5, 0.6) is 0 Å². The van der Waals surface area contributed by atoms with Crippen LogP contribution in [0.4, 0.5) is 5.69 Å². The van der Waals surface area contributed by atoms with Crippen LogP contribution in [-0.2, 0) is 0 Å². The van der Waals surface area contributed by atoms with Crippen molar-refractivity contribution in [3.63, 3.8) is 0 Å². The van der Waals surface area contributed by atoms with Gasteiger partial charge < -0.3 is 0 Å². The molecule has 1 heterocycles. The lowest BCUT2D eigenvalue weighted by molar-refractivity contribution is 0.743. The number of anilines is 1. The van der Waals surface area contributed by atoms with Crippen molar-refractivity contribution in [1.29, 1.82) is 0 Å². The molecule has 13 heavy (non-hydrogen) atoms. The Morgan fingerprint density at radius 3 is 2.85 bits per heavy atom. The molecule has 0 saturated carbocycles. The van der Waals surface area contributed by atoms with Crippen molar-refractivity contribution in [3.8, 4) is 0 Å². The second kappa shape index (κ2) is 3.26. The van der Waals surface area contributed by atoms with E-state index < -0.39 is 0 Å². The minimum absolute atomic E-state index is 1.04. The first-order valence-corrected chi connectivity index (χ1v) is 4.05. The molecule has 0 bridgehead atoms. The van der Waals surface area contributed by atoms with Gasteiger partial charge in [-0.15, -0.1) is 5.10 Å². The van der Waals surface area contributed by atoms with E-state index >= 15 is 0 Å². The Balaban J connectivity index is 2.24. The molecule has 2 rings (SSSR count). The van der Waals surface area contributed by atoms with Gasteiger partial charge in [0.2, 0.25) is 0 Å². The summed E-state index contributed by atoms with van der Waals surface area (Å²) in [6.45, 7) is 2.04. The van der Waals surface area contributed by atoms with Gasteiger partial charge in [0.15, 0.2) is 0 Å². The molecule has 4 nitrogen and oxygen atoms in total. The SMILES string of the molecule is Cc1ccccc1Nn1ccnn1. The van der Waals surface area contributed by atoms with E-state index in [2.05, 4.69) is 15.7 Å². The summed E-state index contributed by atoms with van der Waals surface area (Å²) in [4.78, 5) is 1.57. The largest absolute Gasteiger partial charge is 0.277 e. The Labute approximate surface area is 76.2 Å². The number of aryl methyl sites for hydroxylation is 1. The molecule has 1 N–H and O–H groups in total. The standard InChI is InChI=1S/C9H10N4/c1-8-4-2-3-5-9(8)11-13-7-6-10-12-13/h2-7,11H,1H3. The third kappa shape index (κ3) is 1.66. The minimum Gasteiger partial charge on any atom is -0.277 e. The number of hydrogen-bond acceptors (Lipinski definition) is 3. The van der Waals surface area contributed by atoms with Crippen LogP contribution in [0.1, 0.15) is 5.56 Å². The second-order valence-electron chi connectivity index (χ2n) is 2.77. The summed E-state index contributed by atoms with van der Waals surface area (Å²) < 4.78 is 0. The Morgan fingerprint density at radius 2 is 2.15 bits per heavy atom. The Hall–Kier alpha value is -1.84. The molecule has 0 atom stereocenters. The first-order valence-electron chi connectivity index (χ1n) is 4.05. The number of nitrogens with zero attached hydrogens (tertiary/aromatic N) is 3. The highest BCUT2D eigenvalue weighted by molar-refractivity contribution is 5.49. The van der Waals surface area contributed by atoms with Crippen LogP contribution < -0.4 is 5.43 Å². The highest BCUT2D eigenvalue weighted by atomic mass is 15.6. The fourth-order valence-corrected chi connectivity index (χ4v) is 1.09. The van der Waals surface area contributed by atoms with Gasteiger partial charge in [-0.25, -0.2) is 0 Å². The number of hydrogen-bond donors (Lipinski definition) is 1. The first-order chi connectivity index (χ1) is 6.36. The quantitative estimate of drug-likeness (QED) is 0.749. The Kier molecular flexibility index (Phi) is 1.96. The van der Waals surface area contributed by atoms with Crippen molar-refractivity contribution in [2.45, 2.75) is 6.92 Å². The Bertz CT molecular complexity index is 380. The zero-order chi connectivity index (χ0) is 9.10. The van der Waals surface area contributed by atoms with Crippen molar-refractivity contribution in [1.82, 2.24) is 15.1 Å². The van der Waals surface area contributed by atoms with E-state index in [0.717, 1.165) is 5.69 Å². The van der Waals surface area contributed by atoms with E-state index in [4.69, 9.17) is 0 Å². The lowest BCUT2D eigenvalue weighted by Gasteiger charge is -2.07. The van der Waals surface area contributed by atoms with Crippen molar-refractivity contribution >= 4 is 5.69 Å². The van der Waals surface area contributed by atoms with E-state index in [1.807, 2.05) is 31.2 Å². The lowest BCUT2D eigenvalue weighted by atomic mass is 10.2. The molecule has 1 aromatic heterocycles. The average Bonchev–Trinajstić information content (AvgIpc) is 2.61. The van der Waals surface area contributed by atoms with Gasteiger partial charge >= 0.3 is 0 Å². The molecular weight excluding hydrogens is 164 g/mol. The maximum Gasteiger partial charge on any atom is 0.0715 e. The van der Waals surface area contributed by atoms with Crippen molar-refractivity contribution < 1.29 is 0 Å². The van der Waals surface area contributed by atoms with Gasteiger partial charge in [0.05, 0.1) is 18.1 Å². The van der Waals surface area contributed by atoms with Crippen molar-refractivity contribution in [2.75, 3.05) is 5.43 Å². The van der Waals surface area contributed by atoms with Crippen LogP contribution in [0, 0.1) is 6.92 Å². The molecular formula is C9H10N4. The summed E-state index contributed by atoms with van der Waals surface area (Å²) in [7, 11) is 0. The number of para-hydroxylation sites is 1. The van der Waals surface area contributed by atoms with Crippen LogP contribution >= 0.6 is 0 Å². The fourth-order valence-electron chi connectivity index (χ4n) is 1.09. The van der Waals surface area contributed by atoms with Gasteiger partial charge in [-0.05, 0) is 23.8 Å². The first kappa shape index (κ1) is 7.79. The molecule has 0 aliphatic rings. The Morgan fingerprint density at radius 1 is 1.31 bits per heavy atom. The zero-order valence-electron chi connectivity index (χ0n) is 7.31. The van der Waals surface area contributed by atoms with E-state index in [1.54, 1.807) is 17.2 Å². The van der Waals surface area contributed by atoms with Gasteiger partial charge in [0.25, 0.3) is 0 Å². The van der Waals surface area contributed by atoms with Gasteiger partial charge in [-0.3, -0.25) is 5.43 Å². The molecule has 4 heteroatoms. The molecule has 0 aliphatic heterocycles. The molecule has 0 spiro atoms. The molecule has 2 aromatic rings. The predicted octanol–water partition coefficient (Wildman–Crippen LogP) is 1.46. The minimum atomic E-state index is 1.04. The number of rotatable bonds is 2. The van der Waals surface area contributed by atoms with Crippen molar-refractivity contribution in [2.24, 2.45) is 0 Å². The summed E-state index contributed by atoms with van der Waals surface area (Å²) >= 11 is 0. The van der Waals surface area contributed by atoms with Crippen LogP contribution in [0.3, 0.4) is 0 Å². The summed E-state index contributed by atoms with van der Waals surface area (Å²) in [5.41, 5.74) is 5.31. The topological polar surface area (TPSA) is 42.7 Å². The monoisotopic (exact) mass is 174 g/mol. The predicted molar refractivity (Wildman–Crippen MR) is 50.2 cm³/mol. The van der Waals surface area contributed by atoms with Gasteiger partial charge in [-0.1, -0.05) is 18.2 Å². The lowest BCUT2D eigenvalue weighted by Crippen LogP contribution is -2.10. The van der Waals surface area contributed by atoms with E-state index in [1.165, 1.54) is 5.56 Å². The van der Waals surface area contributed by atoms with E-state index in [-0.39, 0.29) is 0 Å². The average molecular weight is 174 g/mol. The number of aromatic nitrogens is 3. The molecule has 0 saturated heterocycles. The van der Waals surface area contributed by atoms with Crippen LogP contribution in [0.15, 0.2) is 36.7 Å². The third-order valence-corrected chi connectivity index (χ3v) is 1.80. The van der Waals surface area contributed by atoms with Gasteiger partial charge in [0.1, 0.15) is 0 Å². The highest BCUT2D eigenvalue weighted by Crippen LogP contribution is 2.12. The smallest absolute Gasteiger partial charge is 0.0715 e. The molecule has 66 valence electrons. The number of benzene rings is 1. The van der Waals surface area contributed by atoms with Gasteiger partial charge in [0, 0.05) is 0 Å². The molecule has 0 radical (unpaired) electrons. The normalized spacial score (nSPS) is 9.92. The van der Waals surface area contributed by atoms with Crippen LogP contribution in [-0.4, -0.2) is 15.1 Å². The summed E-state index contributed by atoms with van der Waals surface area (Å²) in [5, 5.41) is 7.51. The molecule has 0 aliphatic carbocycles. The number of nitrogens with one attached hydrogen (secondary N) is 1. The summed E-state index contributed by atoms with van der Waals surface area (Å²) in [6, 6.07) is 8.02. The maximum atomic E-state index is 3.81. The molecule has 0 unspecified atom stereocenters. The van der Waals surface area contributed by atoms with Gasteiger partial charge in [-0.2, -0.15) is 4.79 Å².